The first-order chi connectivity index (χ1) is 22.6. The zero-order chi connectivity index (χ0) is 35.3. The van der Waals surface area contributed by atoms with Crippen molar-refractivity contribution in [3.63, 3.8) is 0 Å². The van der Waals surface area contributed by atoms with Crippen molar-refractivity contribution in [2.45, 2.75) is 141 Å². The number of nitrogens with one attached hydrogen (secondary N) is 2. The lowest BCUT2D eigenvalue weighted by Gasteiger charge is -2.64. The van der Waals surface area contributed by atoms with E-state index in [9.17, 15) is 22.8 Å². The molecule has 2 amide bonds. The molecule has 4 fully saturated rings. The van der Waals surface area contributed by atoms with Crippen molar-refractivity contribution in [3.05, 3.63) is 29.8 Å². The van der Waals surface area contributed by atoms with Crippen LogP contribution in [-0.2, 0) is 28.9 Å². The van der Waals surface area contributed by atoms with Gasteiger partial charge in [-0.1, -0.05) is 73.1 Å². The Morgan fingerprint density at radius 1 is 1.00 bits per heavy atom. The van der Waals surface area contributed by atoms with E-state index in [2.05, 4.69) is 52.2 Å². The molecule has 1 aliphatic heterocycles. The molecular formula is C36H58BN3O7S. The zero-order valence-electron chi connectivity index (χ0n) is 29.9. The van der Waals surface area contributed by atoms with Crippen LogP contribution in [0.15, 0.2) is 29.2 Å². The van der Waals surface area contributed by atoms with Gasteiger partial charge in [0.2, 0.25) is 15.9 Å². The minimum absolute atomic E-state index is 0.00532. The molecule has 48 heavy (non-hydrogen) atoms. The Hall–Kier alpha value is -2.28. The highest BCUT2D eigenvalue weighted by molar-refractivity contribution is 7.89. The number of carbonyl (C=O) groups is 3. The minimum atomic E-state index is -3.90. The minimum Gasteiger partial charge on any atom is -0.404 e. The fourth-order valence-corrected chi connectivity index (χ4v) is 8.66. The number of hydrogen-bond donors (Lipinski definition) is 3. The smallest absolute Gasteiger partial charge is 0.404 e. The number of amides is 2. The molecular weight excluding hydrogens is 629 g/mol. The van der Waals surface area contributed by atoms with Crippen molar-refractivity contribution < 1.29 is 32.1 Å². The third-order valence-electron chi connectivity index (χ3n) is 11.2. The topological polar surface area (TPSA) is 154 Å². The Balaban J connectivity index is 1.43. The van der Waals surface area contributed by atoms with E-state index in [1.165, 1.54) is 49.9 Å². The van der Waals surface area contributed by atoms with Crippen molar-refractivity contribution in [2.75, 3.05) is 6.54 Å². The summed E-state index contributed by atoms with van der Waals surface area (Å²) in [5.41, 5.74) is -0.00145. The van der Waals surface area contributed by atoms with Crippen LogP contribution in [0.2, 0.25) is 0 Å². The summed E-state index contributed by atoms with van der Waals surface area (Å²) in [5, 5.41) is 11.2. The van der Waals surface area contributed by atoms with E-state index in [0.29, 0.717) is 24.7 Å². The van der Waals surface area contributed by atoms with Gasteiger partial charge >= 0.3 is 7.12 Å². The van der Waals surface area contributed by atoms with Crippen LogP contribution in [0.1, 0.15) is 129 Å². The van der Waals surface area contributed by atoms with Crippen molar-refractivity contribution >= 4 is 34.7 Å². The molecule has 1 aromatic rings. The Morgan fingerprint density at radius 3 is 2.25 bits per heavy atom. The molecule has 6 atom stereocenters. The van der Waals surface area contributed by atoms with E-state index in [4.69, 9.17) is 14.4 Å². The summed E-state index contributed by atoms with van der Waals surface area (Å²) in [4.78, 5) is 40.1. The predicted molar refractivity (Wildman–Crippen MR) is 187 cm³/mol. The Labute approximate surface area is 288 Å². The highest BCUT2D eigenvalue weighted by atomic mass is 32.2. The summed E-state index contributed by atoms with van der Waals surface area (Å²) >= 11 is 0. The lowest BCUT2D eigenvalue weighted by atomic mass is 9.43. The quantitative estimate of drug-likeness (QED) is 0.127. The van der Waals surface area contributed by atoms with E-state index in [1.54, 1.807) is 0 Å². The summed E-state index contributed by atoms with van der Waals surface area (Å²) in [6, 6.07) is 5.27. The maximum Gasteiger partial charge on any atom is 0.481 e. The van der Waals surface area contributed by atoms with Crippen LogP contribution in [0.25, 0.3) is 0 Å². The van der Waals surface area contributed by atoms with Crippen LogP contribution in [0.3, 0.4) is 0 Å². The van der Waals surface area contributed by atoms with E-state index in [0.717, 1.165) is 32.1 Å². The van der Waals surface area contributed by atoms with Crippen LogP contribution in [0, 0.1) is 29.1 Å². The fourth-order valence-electron chi connectivity index (χ4n) is 8.15. The number of carbonyl (C=O) groups excluding carboxylic acids is 3. The highest BCUT2D eigenvalue weighted by Crippen LogP contribution is 2.65. The first kappa shape index (κ1) is 38.5. The molecule has 3 aliphatic carbocycles. The van der Waals surface area contributed by atoms with Crippen molar-refractivity contribution in [1.29, 1.82) is 0 Å². The molecule has 3 saturated carbocycles. The summed E-state index contributed by atoms with van der Waals surface area (Å²) in [5.74, 6) is -0.779. The number of primary sulfonamides is 1. The van der Waals surface area contributed by atoms with Crippen LogP contribution < -0.4 is 15.8 Å². The van der Waals surface area contributed by atoms with E-state index in [-0.39, 0.29) is 52.6 Å². The average Bonchev–Trinajstić information content (AvgIpc) is 3.38. The van der Waals surface area contributed by atoms with Crippen molar-refractivity contribution in [3.8, 4) is 0 Å². The SMILES string of the molecule is CCCCCCCCCC(=O)C[C@@H](CNC(=O)c1ccc(S(N)(=O)=O)cc1)C(=O)N[C@@H](CC(C)C)B1O[C@@H]2C[C@@H]3C[C@@H](C3(C)C)[C@]2(C)O1. The van der Waals surface area contributed by atoms with Gasteiger partial charge in [-0.3, -0.25) is 14.4 Å². The lowest BCUT2D eigenvalue weighted by Crippen LogP contribution is -2.65. The fraction of sp³-hybridized carbons (Fsp3) is 0.750. The first-order valence-electron chi connectivity index (χ1n) is 18.1. The molecule has 0 aromatic heterocycles. The standard InChI is InChI=1S/C36H58BN3O7S/c1-7-8-9-10-11-12-13-14-28(41)20-26(23-39-33(42)25-15-17-29(18-16-25)48(38,44)45)34(43)40-32(19-24(2)3)37-46-31-22-27-21-30(35(27,4)5)36(31,6)47-37/h15-18,24,26-27,30-32H,7-14,19-23H2,1-6H3,(H,39,42)(H,40,43)(H2,38,44,45)/t26-,27-,30-,31+,32-,36-/m0/s1. The summed E-state index contributed by atoms with van der Waals surface area (Å²) < 4.78 is 36.5. The van der Waals surface area contributed by atoms with Gasteiger partial charge in [0, 0.05) is 24.9 Å². The first-order valence-corrected chi connectivity index (χ1v) is 19.7. The molecule has 0 spiro atoms. The van der Waals surface area contributed by atoms with Gasteiger partial charge in [-0.05, 0) is 80.0 Å². The number of sulfonamides is 1. The molecule has 1 aromatic carbocycles. The zero-order valence-corrected chi connectivity index (χ0v) is 30.7. The third-order valence-corrected chi connectivity index (χ3v) is 12.1. The normalized spacial score (nSPS) is 25.6. The van der Waals surface area contributed by atoms with Gasteiger partial charge in [0.15, 0.2) is 0 Å². The molecule has 2 bridgehead atoms. The number of rotatable bonds is 19. The second-order valence-electron chi connectivity index (χ2n) is 15.7. The molecule has 1 saturated heterocycles. The van der Waals surface area contributed by atoms with Gasteiger partial charge in [-0.15, -0.1) is 0 Å². The van der Waals surface area contributed by atoms with Crippen LogP contribution in [0.4, 0.5) is 0 Å². The molecule has 4 aliphatic rings. The Kier molecular flexibility index (Phi) is 13.0. The van der Waals surface area contributed by atoms with Gasteiger partial charge in [0.1, 0.15) is 5.78 Å². The molecule has 10 nitrogen and oxygen atoms in total. The summed E-state index contributed by atoms with van der Waals surface area (Å²) in [6.45, 7) is 13.1. The van der Waals surface area contributed by atoms with E-state index in [1.807, 2.05) is 0 Å². The van der Waals surface area contributed by atoms with Gasteiger partial charge in [0.25, 0.3) is 5.91 Å². The highest BCUT2D eigenvalue weighted by Gasteiger charge is 2.68. The monoisotopic (exact) mass is 687 g/mol. The lowest BCUT2D eigenvalue weighted by molar-refractivity contribution is -0.199. The Bertz CT molecular complexity index is 1390. The number of hydrogen-bond acceptors (Lipinski definition) is 7. The third kappa shape index (κ3) is 9.28. The molecule has 0 radical (unpaired) electrons. The van der Waals surface area contributed by atoms with Gasteiger partial charge < -0.3 is 19.9 Å². The number of Topliss-reactive ketones (excluding diaryl/α,β-unsaturated/α-hetero) is 1. The summed E-state index contributed by atoms with van der Waals surface area (Å²) in [6.07, 6.45) is 10.7. The number of unbranched alkanes of at least 4 members (excludes halogenated alkanes) is 6. The van der Waals surface area contributed by atoms with Crippen LogP contribution in [-0.4, -0.2) is 57.3 Å². The van der Waals surface area contributed by atoms with E-state index < -0.39 is 40.5 Å². The molecule has 4 N–H and O–H groups in total. The molecule has 1 heterocycles. The average molecular weight is 688 g/mol. The van der Waals surface area contributed by atoms with Crippen molar-refractivity contribution in [1.82, 2.24) is 10.6 Å². The molecule has 5 rings (SSSR count). The second-order valence-corrected chi connectivity index (χ2v) is 17.2. The second kappa shape index (κ2) is 16.2. The maximum atomic E-state index is 14.0. The Morgan fingerprint density at radius 2 is 1.65 bits per heavy atom. The summed E-state index contributed by atoms with van der Waals surface area (Å²) in [7, 11) is -4.50. The molecule has 0 unspecified atom stereocenters. The molecule has 268 valence electrons. The maximum absolute atomic E-state index is 14.0. The largest absolute Gasteiger partial charge is 0.481 e. The van der Waals surface area contributed by atoms with Gasteiger partial charge in [-0.2, -0.15) is 0 Å². The molecule has 12 heteroatoms. The van der Waals surface area contributed by atoms with Gasteiger partial charge in [0.05, 0.1) is 28.5 Å². The van der Waals surface area contributed by atoms with E-state index >= 15 is 0 Å². The number of ketones is 1. The number of nitrogens with two attached hydrogens (primary N) is 1. The van der Waals surface area contributed by atoms with Crippen LogP contribution >= 0.6 is 0 Å². The van der Waals surface area contributed by atoms with Gasteiger partial charge in [-0.25, -0.2) is 13.6 Å². The number of benzene rings is 1. The van der Waals surface area contributed by atoms with Crippen LogP contribution in [0.5, 0.6) is 0 Å². The van der Waals surface area contributed by atoms with Crippen molar-refractivity contribution in [2.24, 2.45) is 34.2 Å². The predicted octanol–water partition coefficient (Wildman–Crippen LogP) is 5.58.